The molecule has 9 heteroatoms. The summed E-state index contributed by atoms with van der Waals surface area (Å²) in [6.45, 7) is 0. The second kappa shape index (κ2) is 9.84. The molecule has 1 saturated heterocycles. The molecular weight excluding hydrogens is 438 g/mol. The van der Waals surface area contributed by atoms with E-state index in [2.05, 4.69) is 0 Å². The lowest BCUT2D eigenvalue weighted by Crippen LogP contribution is -2.51. The van der Waals surface area contributed by atoms with Gasteiger partial charge in [-0.15, -0.1) is 0 Å². The molecule has 3 rings (SSSR count). The molecule has 7 nitrogen and oxygen atoms in total. The van der Waals surface area contributed by atoms with Crippen molar-refractivity contribution in [2.24, 2.45) is 0 Å². The number of carbonyl (C=O) groups is 2. The second-order valence-electron chi connectivity index (χ2n) is 6.53. The average Bonchev–Trinajstić information content (AvgIpc) is 3.04. The quantitative estimate of drug-likeness (QED) is 0.440. The molecule has 1 amide bonds. The number of thiocarbonyl (C=S) groups is 1. The van der Waals surface area contributed by atoms with E-state index < -0.39 is 17.9 Å². The monoisotopic (exact) mass is 458 g/mol. The minimum absolute atomic E-state index is 0.0904. The fraction of sp³-hybridized carbons (Fsp3) is 0.227. The zero-order valence-corrected chi connectivity index (χ0v) is 18.7. The van der Waals surface area contributed by atoms with E-state index in [0.717, 1.165) is 22.2 Å². The summed E-state index contributed by atoms with van der Waals surface area (Å²) in [5.41, 5.74) is 1.38. The smallest absolute Gasteiger partial charge is 0.266 e. The number of carbonyl (C=O) groups excluding carboxylic acids is 2. The molecule has 0 bridgehead atoms. The van der Waals surface area contributed by atoms with Crippen molar-refractivity contribution in [2.45, 2.75) is 12.5 Å². The van der Waals surface area contributed by atoms with Gasteiger partial charge in [0.15, 0.2) is 11.5 Å². The van der Waals surface area contributed by atoms with Crippen LogP contribution in [0.3, 0.4) is 0 Å². The lowest BCUT2D eigenvalue weighted by atomic mass is 10.0. The summed E-state index contributed by atoms with van der Waals surface area (Å²) < 4.78 is 16.2. The summed E-state index contributed by atoms with van der Waals surface area (Å²) in [6, 6.07) is 11.2. The Balaban J connectivity index is 1.93. The summed E-state index contributed by atoms with van der Waals surface area (Å²) in [4.78, 5) is 26.3. The third kappa shape index (κ3) is 4.83. The third-order valence-electron chi connectivity index (χ3n) is 4.66. The molecule has 0 aliphatic carbocycles. The summed E-state index contributed by atoms with van der Waals surface area (Å²) in [5.74, 6) is -0.571. The maximum Gasteiger partial charge on any atom is 0.266 e. The first-order valence-electron chi connectivity index (χ1n) is 9.21. The molecule has 0 spiro atoms. The Hall–Kier alpha value is -3.04. The molecule has 0 saturated carbocycles. The van der Waals surface area contributed by atoms with Crippen LogP contribution in [-0.2, 0) is 16.0 Å². The largest absolute Gasteiger partial charge is 0.548 e. The van der Waals surface area contributed by atoms with Crippen LogP contribution in [0.2, 0.25) is 0 Å². The average molecular weight is 459 g/mol. The first kappa shape index (κ1) is 22.6. The SMILES string of the molecule is COc1cc(C=C2SC(=S)N(C(Cc3ccccc3)C(=O)[O-])C2=O)cc(OC)c1OC. The van der Waals surface area contributed by atoms with Gasteiger partial charge in [-0.1, -0.05) is 54.3 Å². The van der Waals surface area contributed by atoms with Crippen LogP contribution in [0.5, 0.6) is 17.2 Å². The number of nitrogens with zero attached hydrogens (tertiary/aromatic N) is 1. The van der Waals surface area contributed by atoms with Gasteiger partial charge < -0.3 is 24.1 Å². The van der Waals surface area contributed by atoms with Gasteiger partial charge in [0, 0.05) is 0 Å². The summed E-state index contributed by atoms with van der Waals surface area (Å²) in [6.07, 6.45) is 1.70. The molecule has 1 aliphatic heterocycles. The van der Waals surface area contributed by atoms with Crippen LogP contribution < -0.4 is 19.3 Å². The van der Waals surface area contributed by atoms with Crippen LogP contribution in [0.1, 0.15) is 11.1 Å². The van der Waals surface area contributed by atoms with E-state index in [0.29, 0.717) is 27.7 Å². The van der Waals surface area contributed by atoms with Crippen molar-refractivity contribution in [3.8, 4) is 17.2 Å². The van der Waals surface area contributed by atoms with E-state index in [1.54, 1.807) is 42.5 Å². The summed E-state index contributed by atoms with van der Waals surface area (Å²) >= 11 is 6.36. The highest BCUT2D eigenvalue weighted by Gasteiger charge is 2.38. The van der Waals surface area contributed by atoms with E-state index in [1.807, 2.05) is 6.07 Å². The summed E-state index contributed by atoms with van der Waals surface area (Å²) in [5, 5.41) is 11.8. The lowest BCUT2D eigenvalue weighted by Gasteiger charge is -2.27. The Morgan fingerprint density at radius 3 is 2.26 bits per heavy atom. The van der Waals surface area contributed by atoms with Gasteiger partial charge in [-0.2, -0.15) is 0 Å². The minimum atomic E-state index is -1.37. The van der Waals surface area contributed by atoms with Crippen molar-refractivity contribution < 1.29 is 28.9 Å². The van der Waals surface area contributed by atoms with E-state index in [-0.39, 0.29) is 10.7 Å². The van der Waals surface area contributed by atoms with Gasteiger partial charge in [0.1, 0.15) is 4.32 Å². The zero-order chi connectivity index (χ0) is 22.5. The van der Waals surface area contributed by atoms with Gasteiger partial charge in [0.05, 0.1) is 38.2 Å². The van der Waals surface area contributed by atoms with Crippen LogP contribution in [0.25, 0.3) is 6.08 Å². The van der Waals surface area contributed by atoms with Gasteiger partial charge in [0.25, 0.3) is 5.91 Å². The number of amides is 1. The lowest BCUT2D eigenvalue weighted by molar-refractivity contribution is -0.310. The van der Waals surface area contributed by atoms with E-state index in [1.165, 1.54) is 21.3 Å². The molecule has 2 aromatic rings. The fourth-order valence-corrected chi connectivity index (χ4v) is 4.56. The Kier molecular flexibility index (Phi) is 7.19. The molecule has 0 aromatic heterocycles. The molecule has 1 aliphatic rings. The Morgan fingerprint density at radius 2 is 1.74 bits per heavy atom. The van der Waals surface area contributed by atoms with E-state index in [9.17, 15) is 14.7 Å². The van der Waals surface area contributed by atoms with Crippen LogP contribution in [0.15, 0.2) is 47.4 Å². The van der Waals surface area contributed by atoms with Crippen molar-refractivity contribution in [1.29, 1.82) is 0 Å². The maximum atomic E-state index is 13.1. The zero-order valence-electron chi connectivity index (χ0n) is 17.1. The molecule has 0 radical (unpaired) electrons. The first-order chi connectivity index (χ1) is 14.9. The molecule has 1 unspecified atom stereocenters. The van der Waals surface area contributed by atoms with Crippen LogP contribution in [0.4, 0.5) is 0 Å². The van der Waals surface area contributed by atoms with Gasteiger partial charge in [-0.3, -0.25) is 9.69 Å². The minimum Gasteiger partial charge on any atom is -0.548 e. The molecule has 2 aromatic carbocycles. The third-order valence-corrected chi connectivity index (χ3v) is 5.99. The number of rotatable bonds is 8. The van der Waals surface area contributed by atoms with Crippen LogP contribution >= 0.6 is 24.0 Å². The number of methoxy groups -OCH3 is 3. The predicted octanol–water partition coefficient (Wildman–Crippen LogP) is 2.27. The number of hydrogen-bond donors (Lipinski definition) is 0. The van der Waals surface area contributed by atoms with Crippen LogP contribution in [0, 0.1) is 0 Å². The number of carboxylic acid groups (broad SMARTS) is 1. The predicted molar refractivity (Wildman–Crippen MR) is 120 cm³/mol. The molecule has 1 fully saturated rings. The van der Waals surface area contributed by atoms with Crippen molar-refractivity contribution in [1.82, 2.24) is 4.90 Å². The fourth-order valence-electron chi connectivity index (χ4n) is 3.20. The Bertz CT molecular complexity index is 1010. The van der Waals surface area contributed by atoms with Gasteiger partial charge >= 0.3 is 0 Å². The number of aliphatic carboxylic acids is 1. The van der Waals surface area contributed by atoms with Gasteiger partial charge in [-0.05, 0) is 35.8 Å². The molecular formula is C22H20NO6S2-. The normalized spacial score (nSPS) is 15.8. The highest BCUT2D eigenvalue weighted by atomic mass is 32.2. The van der Waals surface area contributed by atoms with Crippen molar-refractivity contribution in [2.75, 3.05) is 21.3 Å². The molecule has 31 heavy (non-hydrogen) atoms. The molecule has 0 N–H and O–H groups in total. The maximum absolute atomic E-state index is 13.1. The topological polar surface area (TPSA) is 88.1 Å². The van der Waals surface area contributed by atoms with E-state index in [4.69, 9.17) is 26.4 Å². The van der Waals surface area contributed by atoms with Crippen molar-refractivity contribution in [3.05, 3.63) is 58.5 Å². The van der Waals surface area contributed by atoms with Crippen molar-refractivity contribution in [3.63, 3.8) is 0 Å². The number of hydrogen-bond acceptors (Lipinski definition) is 8. The van der Waals surface area contributed by atoms with Gasteiger partial charge in [-0.25, -0.2) is 0 Å². The Labute approximate surface area is 189 Å². The first-order valence-corrected chi connectivity index (χ1v) is 10.4. The molecule has 1 atom stereocenters. The standard InChI is InChI=1S/C22H21NO6S2/c1-27-16-10-14(11-17(28-2)19(16)29-3)12-18-20(24)23(22(30)31-18)15(21(25)26)9-13-7-5-4-6-8-13/h4-8,10-12,15H,9H2,1-3H3,(H,25,26)/p-1. The second-order valence-corrected chi connectivity index (χ2v) is 8.21. The molecule has 1 heterocycles. The molecule has 162 valence electrons. The van der Waals surface area contributed by atoms with Crippen LogP contribution in [-0.4, -0.2) is 48.5 Å². The summed E-state index contributed by atoms with van der Waals surface area (Å²) in [7, 11) is 4.49. The number of carboxylic acids is 1. The highest BCUT2D eigenvalue weighted by molar-refractivity contribution is 8.26. The Morgan fingerprint density at radius 1 is 1.13 bits per heavy atom. The highest BCUT2D eigenvalue weighted by Crippen LogP contribution is 2.40. The van der Waals surface area contributed by atoms with Crippen molar-refractivity contribution >= 4 is 46.3 Å². The number of ether oxygens (including phenoxy) is 3. The number of thioether (sulfide) groups is 1. The van der Waals surface area contributed by atoms with E-state index >= 15 is 0 Å². The number of benzene rings is 2. The van der Waals surface area contributed by atoms with Gasteiger partial charge in [0.2, 0.25) is 5.75 Å².